The summed E-state index contributed by atoms with van der Waals surface area (Å²) < 4.78 is 23.5. The molecule has 2 aliphatic carbocycles. The summed E-state index contributed by atoms with van der Waals surface area (Å²) in [6.45, 7) is 3.19. The van der Waals surface area contributed by atoms with Gasteiger partial charge in [-0.3, -0.25) is 0 Å². The molecule has 8 N–H and O–H groups in total. The number of aliphatic hydroxyl groups excluding tert-OH is 8. The first kappa shape index (κ1) is 46.1. The molecule has 4 aliphatic rings. The van der Waals surface area contributed by atoms with E-state index >= 15 is 0 Å². The second-order valence-corrected chi connectivity index (χ2v) is 17.6. The molecule has 0 radical (unpaired) electrons. The van der Waals surface area contributed by atoms with Gasteiger partial charge >= 0.3 is 0 Å². The summed E-state index contributed by atoms with van der Waals surface area (Å²) in [5.74, 6) is 1.81. The number of hydrogen-bond donors (Lipinski definition) is 8. The van der Waals surface area contributed by atoms with Crippen LogP contribution in [0.25, 0.3) is 0 Å². The molecule has 0 amide bonds. The van der Waals surface area contributed by atoms with Gasteiger partial charge in [-0.25, -0.2) is 0 Å². The highest BCUT2D eigenvalue weighted by Crippen LogP contribution is 2.36. The molecule has 4 aromatic rings. The van der Waals surface area contributed by atoms with E-state index < -0.39 is 74.3 Å². The lowest BCUT2D eigenvalue weighted by Gasteiger charge is -2.40. The van der Waals surface area contributed by atoms with Crippen molar-refractivity contribution in [2.75, 3.05) is 13.2 Å². The van der Waals surface area contributed by atoms with Crippen molar-refractivity contribution in [3.8, 4) is 11.5 Å². The summed E-state index contributed by atoms with van der Waals surface area (Å²) in [5, 5.41) is 80.1. The number of ether oxygens (including phenoxy) is 4. The molecular weight excluding hydrogens is 793 g/mol. The summed E-state index contributed by atoms with van der Waals surface area (Å²) in [4.78, 5) is 0. The zero-order chi connectivity index (χ0) is 43.9. The average molecular weight is 857 g/mol. The third-order valence-corrected chi connectivity index (χ3v) is 13.0. The molecule has 0 aromatic heterocycles. The van der Waals surface area contributed by atoms with Crippen LogP contribution in [0, 0.1) is 13.8 Å². The van der Waals surface area contributed by atoms with Gasteiger partial charge in [0.15, 0.2) is 0 Å². The van der Waals surface area contributed by atoms with Gasteiger partial charge in [0.25, 0.3) is 0 Å². The van der Waals surface area contributed by atoms with E-state index in [9.17, 15) is 40.9 Å². The van der Waals surface area contributed by atoms with Crippen LogP contribution in [0.5, 0.6) is 11.5 Å². The lowest BCUT2D eigenvalue weighted by atomic mass is 9.89. The van der Waals surface area contributed by atoms with Crippen molar-refractivity contribution >= 4 is 0 Å². The SMILES string of the molecule is Cc1ccc([C@@H]2O[C@H](CO)[C@@H](O)[C@H](O)[C@H]2O)cc1Cc1ccc(OC2CCCC2)cc1.Cc1ccc([C@@H]2O[C@H](CO)[C@@H](O)[C@H](O)[C@H]2O)cc1Cc1ccc(OC2CCCC2)cc1. The minimum atomic E-state index is -1.38. The van der Waals surface area contributed by atoms with Crippen LogP contribution in [-0.4, -0.2) is 115 Å². The van der Waals surface area contributed by atoms with Crippen LogP contribution in [0.4, 0.5) is 0 Å². The zero-order valence-corrected chi connectivity index (χ0v) is 35.7. The Hall–Kier alpha value is -3.92. The van der Waals surface area contributed by atoms with Crippen molar-refractivity contribution in [2.45, 2.75) is 151 Å². The Balaban J connectivity index is 0.000000186. The molecule has 0 bridgehead atoms. The van der Waals surface area contributed by atoms with Crippen LogP contribution in [0.15, 0.2) is 84.9 Å². The van der Waals surface area contributed by atoms with E-state index in [4.69, 9.17) is 18.9 Å². The Morgan fingerprint density at radius 3 is 1.16 bits per heavy atom. The quantitative estimate of drug-likeness (QED) is 0.0967. The van der Waals surface area contributed by atoms with Crippen LogP contribution in [0.2, 0.25) is 0 Å². The van der Waals surface area contributed by atoms with E-state index in [1.807, 2.05) is 74.5 Å². The van der Waals surface area contributed by atoms with Gasteiger partial charge < -0.3 is 59.8 Å². The van der Waals surface area contributed by atoms with E-state index in [0.29, 0.717) is 36.2 Å². The molecular formula is C50H64O12. The van der Waals surface area contributed by atoms with Crippen molar-refractivity contribution in [1.29, 1.82) is 0 Å². The summed E-state index contributed by atoms with van der Waals surface area (Å²) >= 11 is 0. The Labute approximate surface area is 364 Å². The van der Waals surface area contributed by atoms with E-state index in [1.54, 1.807) is 0 Å². The maximum absolute atomic E-state index is 10.4. The maximum Gasteiger partial charge on any atom is 0.119 e. The molecule has 10 atom stereocenters. The number of aryl methyl sites for hydroxylation is 2. The van der Waals surface area contributed by atoms with Gasteiger partial charge in [0.2, 0.25) is 0 Å². The van der Waals surface area contributed by atoms with E-state index in [-0.39, 0.29) is 0 Å². The van der Waals surface area contributed by atoms with Crippen LogP contribution >= 0.6 is 0 Å². The molecule has 62 heavy (non-hydrogen) atoms. The van der Waals surface area contributed by atoms with Gasteiger partial charge in [0, 0.05) is 0 Å². The Morgan fingerprint density at radius 1 is 0.468 bits per heavy atom. The molecule has 2 heterocycles. The van der Waals surface area contributed by atoms with Gasteiger partial charge in [-0.1, -0.05) is 60.7 Å². The topological polar surface area (TPSA) is 199 Å². The van der Waals surface area contributed by atoms with Crippen molar-refractivity contribution in [3.63, 3.8) is 0 Å². The van der Waals surface area contributed by atoms with Gasteiger partial charge in [-0.05, 0) is 147 Å². The molecule has 8 rings (SSSR count). The highest BCUT2D eigenvalue weighted by Gasteiger charge is 2.45. The lowest BCUT2D eigenvalue weighted by Crippen LogP contribution is -2.55. The summed E-state index contributed by atoms with van der Waals surface area (Å²) in [7, 11) is 0. The fourth-order valence-corrected chi connectivity index (χ4v) is 9.08. The highest BCUT2D eigenvalue weighted by atomic mass is 16.6. The fourth-order valence-electron chi connectivity index (χ4n) is 9.08. The molecule has 4 aromatic carbocycles. The molecule has 336 valence electrons. The summed E-state index contributed by atoms with van der Waals surface area (Å²) in [6, 6.07) is 27.9. The number of rotatable bonds is 12. The number of aliphatic hydroxyl groups is 8. The number of hydrogen-bond acceptors (Lipinski definition) is 12. The average Bonchev–Trinajstić information content (AvgIpc) is 4.01. The molecule has 12 nitrogen and oxygen atoms in total. The third kappa shape index (κ3) is 11.1. The smallest absolute Gasteiger partial charge is 0.119 e. The largest absolute Gasteiger partial charge is 0.490 e. The molecule has 0 spiro atoms. The molecule has 2 saturated heterocycles. The third-order valence-electron chi connectivity index (χ3n) is 13.0. The minimum Gasteiger partial charge on any atom is -0.490 e. The van der Waals surface area contributed by atoms with E-state index in [2.05, 4.69) is 24.3 Å². The monoisotopic (exact) mass is 856 g/mol. The first-order valence-corrected chi connectivity index (χ1v) is 22.2. The first-order valence-electron chi connectivity index (χ1n) is 22.2. The molecule has 2 saturated carbocycles. The van der Waals surface area contributed by atoms with E-state index in [1.165, 1.54) is 25.7 Å². The summed E-state index contributed by atoms with van der Waals surface area (Å²) in [5.41, 5.74) is 8.09. The van der Waals surface area contributed by atoms with Crippen molar-refractivity contribution in [1.82, 2.24) is 0 Å². The van der Waals surface area contributed by atoms with Crippen molar-refractivity contribution < 1.29 is 59.8 Å². The highest BCUT2D eigenvalue weighted by molar-refractivity contribution is 5.40. The van der Waals surface area contributed by atoms with Crippen LogP contribution < -0.4 is 9.47 Å². The normalized spacial score (nSPS) is 29.3. The first-order chi connectivity index (χ1) is 29.9. The predicted molar refractivity (Wildman–Crippen MR) is 232 cm³/mol. The Bertz CT molecular complexity index is 1860. The van der Waals surface area contributed by atoms with Crippen LogP contribution in [-0.2, 0) is 22.3 Å². The molecule has 12 heteroatoms. The Morgan fingerprint density at radius 2 is 0.823 bits per heavy atom. The van der Waals surface area contributed by atoms with E-state index in [0.717, 1.165) is 70.6 Å². The van der Waals surface area contributed by atoms with Gasteiger partial charge in [-0.2, -0.15) is 0 Å². The zero-order valence-electron chi connectivity index (χ0n) is 35.7. The summed E-state index contributed by atoms with van der Waals surface area (Å²) in [6.07, 6.45) is 0.0800. The minimum absolute atomic E-state index is 0.336. The molecule has 4 fully saturated rings. The van der Waals surface area contributed by atoms with Crippen molar-refractivity contribution in [2.24, 2.45) is 0 Å². The van der Waals surface area contributed by atoms with Crippen LogP contribution in [0.3, 0.4) is 0 Å². The van der Waals surface area contributed by atoms with Gasteiger partial charge in [-0.15, -0.1) is 0 Å². The second-order valence-electron chi connectivity index (χ2n) is 17.6. The van der Waals surface area contributed by atoms with Crippen LogP contribution in [0.1, 0.15) is 108 Å². The van der Waals surface area contributed by atoms with Gasteiger partial charge in [0.1, 0.15) is 72.5 Å². The second kappa shape index (κ2) is 21.2. The predicted octanol–water partition coefficient (Wildman–Crippen LogP) is 4.84. The molecule has 0 unspecified atom stereocenters. The fraction of sp³-hybridized carbons (Fsp3) is 0.520. The Kier molecular flexibility index (Phi) is 15.7. The van der Waals surface area contributed by atoms with Gasteiger partial charge in [0.05, 0.1) is 25.4 Å². The standard InChI is InChI=1S/2C25H32O6/c2*1-15-6-9-17(25-24(29)23(28)22(27)21(14-26)31-25)13-18(15)12-16-7-10-20(11-8-16)30-19-4-2-3-5-19/h2*6-11,13,19,21-29H,2-5,12,14H2,1H3/t2*21-,22-,23+,24-,25+/m11/s1. The lowest BCUT2D eigenvalue weighted by molar-refractivity contribution is -0.231. The maximum atomic E-state index is 10.4. The van der Waals surface area contributed by atoms with Crippen molar-refractivity contribution in [3.05, 3.63) is 129 Å². The number of benzene rings is 4. The molecule has 2 aliphatic heterocycles.